The van der Waals surface area contributed by atoms with E-state index in [1.54, 1.807) is 0 Å². The van der Waals surface area contributed by atoms with Gasteiger partial charge in [-0.1, -0.05) is 17.3 Å². The van der Waals surface area contributed by atoms with Gasteiger partial charge in [-0.15, -0.1) is 0 Å². The van der Waals surface area contributed by atoms with E-state index in [0.29, 0.717) is 5.56 Å². The molecule has 3 N–H and O–H groups in total. The van der Waals surface area contributed by atoms with Crippen LogP contribution in [-0.2, 0) is 19.3 Å². The highest BCUT2D eigenvalue weighted by Gasteiger charge is 2.30. The molecule has 2 rings (SSSR count). The first kappa shape index (κ1) is 15.0. The standard InChI is InChI=1S/C12H11F3N4O2/c13-12(14,15)8-3-1-2-7(4-8)6-17-10(20)11-18-9(5-16)19-21-11/h1-4H,5-6,16H2,(H,17,20). The minimum atomic E-state index is -4.43. The second kappa shape index (κ2) is 5.92. The van der Waals surface area contributed by atoms with Gasteiger partial charge in [0.2, 0.25) is 0 Å². The average Bonchev–Trinajstić information content (AvgIpc) is 2.93. The molecular formula is C12H11F3N4O2. The average molecular weight is 300 g/mol. The summed E-state index contributed by atoms with van der Waals surface area (Å²) < 4.78 is 42.3. The number of rotatable bonds is 4. The lowest BCUT2D eigenvalue weighted by Crippen LogP contribution is -2.23. The van der Waals surface area contributed by atoms with Crippen LogP contribution in [-0.4, -0.2) is 16.0 Å². The van der Waals surface area contributed by atoms with Crippen LogP contribution >= 0.6 is 0 Å². The zero-order chi connectivity index (χ0) is 15.5. The molecule has 6 nitrogen and oxygen atoms in total. The zero-order valence-electron chi connectivity index (χ0n) is 10.6. The Morgan fingerprint density at radius 2 is 2.14 bits per heavy atom. The largest absolute Gasteiger partial charge is 0.416 e. The lowest BCUT2D eigenvalue weighted by atomic mass is 10.1. The number of aromatic nitrogens is 2. The molecule has 0 radical (unpaired) electrons. The summed E-state index contributed by atoms with van der Waals surface area (Å²) in [5, 5.41) is 5.82. The van der Waals surface area contributed by atoms with Crippen LogP contribution in [0.3, 0.4) is 0 Å². The number of nitrogens with zero attached hydrogens (tertiary/aromatic N) is 2. The van der Waals surface area contributed by atoms with Crippen molar-refractivity contribution in [1.29, 1.82) is 0 Å². The normalized spacial score (nSPS) is 11.4. The molecule has 0 bridgehead atoms. The van der Waals surface area contributed by atoms with Crippen molar-refractivity contribution in [3.05, 3.63) is 47.1 Å². The van der Waals surface area contributed by atoms with Crippen molar-refractivity contribution in [2.24, 2.45) is 5.73 Å². The van der Waals surface area contributed by atoms with Crippen LogP contribution in [0.25, 0.3) is 0 Å². The number of amides is 1. The number of hydrogen-bond acceptors (Lipinski definition) is 5. The van der Waals surface area contributed by atoms with Gasteiger partial charge in [0.05, 0.1) is 12.1 Å². The van der Waals surface area contributed by atoms with Crippen molar-refractivity contribution in [2.75, 3.05) is 0 Å². The van der Waals surface area contributed by atoms with E-state index in [1.165, 1.54) is 12.1 Å². The maximum Gasteiger partial charge on any atom is 0.416 e. The summed E-state index contributed by atoms with van der Waals surface area (Å²) in [6, 6.07) is 4.65. The Morgan fingerprint density at radius 1 is 1.38 bits per heavy atom. The molecule has 0 aliphatic carbocycles. The Morgan fingerprint density at radius 3 is 2.76 bits per heavy atom. The molecule has 1 amide bonds. The first-order chi connectivity index (χ1) is 9.90. The Bertz CT molecular complexity index is 639. The highest BCUT2D eigenvalue weighted by atomic mass is 19.4. The second-order valence-electron chi connectivity index (χ2n) is 4.10. The lowest BCUT2D eigenvalue weighted by Gasteiger charge is -2.08. The molecule has 0 fully saturated rings. The predicted molar refractivity (Wildman–Crippen MR) is 64.8 cm³/mol. The molecule has 9 heteroatoms. The molecule has 0 spiro atoms. The number of hydrogen-bond donors (Lipinski definition) is 2. The maximum absolute atomic E-state index is 12.5. The number of halogens is 3. The van der Waals surface area contributed by atoms with E-state index in [2.05, 4.69) is 20.0 Å². The van der Waals surface area contributed by atoms with E-state index in [9.17, 15) is 18.0 Å². The SMILES string of the molecule is NCc1noc(C(=O)NCc2cccc(C(F)(F)F)c2)n1. The monoisotopic (exact) mass is 300 g/mol. The fraction of sp³-hybridized carbons (Fsp3) is 0.250. The molecule has 1 aromatic carbocycles. The van der Waals surface area contributed by atoms with Gasteiger partial charge < -0.3 is 15.6 Å². The predicted octanol–water partition coefficient (Wildman–Crippen LogP) is 1.48. The summed E-state index contributed by atoms with van der Waals surface area (Å²) in [7, 11) is 0. The van der Waals surface area contributed by atoms with E-state index in [1.807, 2.05) is 0 Å². The first-order valence-electron chi connectivity index (χ1n) is 5.87. The highest BCUT2D eigenvalue weighted by Crippen LogP contribution is 2.29. The summed E-state index contributed by atoms with van der Waals surface area (Å²) in [4.78, 5) is 15.4. The molecule has 0 unspecified atom stereocenters. The fourth-order valence-corrected chi connectivity index (χ4v) is 1.54. The van der Waals surface area contributed by atoms with Crippen LogP contribution in [0.5, 0.6) is 0 Å². The Balaban J connectivity index is 2.01. The van der Waals surface area contributed by atoms with Gasteiger partial charge in [-0.3, -0.25) is 4.79 Å². The molecule has 0 aliphatic heterocycles. The molecule has 0 atom stereocenters. The number of carbonyl (C=O) groups excluding carboxylic acids is 1. The second-order valence-corrected chi connectivity index (χ2v) is 4.10. The van der Waals surface area contributed by atoms with Crippen LogP contribution in [0.4, 0.5) is 13.2 Å². The van der Waals surface area contributed by atoms with Crippen molar-refractivity contribution in [3.8, 4) is 0 Å². The molecule has 0 saturated heterocycles. The van der Waals surface area contributed by atoms with E-state index in [4.69, 9.17) is 5.73 Å². The number of benzene rings is 1. The van der Waals surface area contributed by atoms with Gasteiger partial charge in [0.25, 0.3) is 0 Å². The topological polar surface area (TPSA) is 94.0 Å². The third-order valence-corrected chi connectivity index (χ3v) is 2.55. The minimum Gasteiger partial charge on any atom is -0.344 e. The van der Waals surface area contributed by atoms with Gasteiger partial charge >= 0.3 is 18.0 Å². The number of nitrogens with one attached hydrogen (secondary N) is 1. The van der Waals surface area contributed by atoms with Crippen molar-refractivity contribution >= 4 is 5.91 Å². The first-order valence-corrected chi connectivity index (χ1v) is 5.87. The number of carbonyl (C=O) groups is 1. The van der Waals surface area contributed by atoms with Gasteiger partial charge in [-0.2, -0.15) is 18.2 Å². The van der Waals surface area contributed by atoms with Gasteiger partial charge in [0, 0.05) is 6.54 Å². The van der Waals surface area contributed by atoms with Crippen molar-refractivity contribution in [3.63, 3.8) is 0 Å². The Hall–Kier alpha value is -2.42. The third kappa shape index (κ3) is 3.78. The molecule has 21 heavy (non-hydrogen) atoms. The van der Waals surface area contributed by atoms with Gasteiger partial charge in [0.1, 0.15) is 0 Å². The molecule has 112 valence electrons. The van der Waals surface area contributed by atoms with Gasteiger partial charge in [-0.25, -0.2) is 0 Å². The van der Waals surface area contributed by atoms with Gasteiger partial charge in [-0.05, 0) is 17.7 Å². The zero-order valence-corrected chi connectivity index (χ0v) is 10.6. The summed E-state index contributed by atoms with van der Waals surface area (Å²) in [6.07, 6.45) is -4.43. The highest BCUT2D eigenvalue weighted by molar-refractivity contribution is 5.89. The molecule has 2 aromatic rings. The van der Waals surface area contributed by atoms with Crippen LogP contribution < -0.4 is 11.1 Å². The van der Waals surface area contributed by atoms with Gasteiger partial charge in [0.15, 0.2) is 5.82 Å². The van der Waals surface area contributed by atoms with Crippen molar-refractivity contribution in [1.82, 2.24) is 15.5 Å². The van der Waals surface area contributed by atoms with Crippen LogP contribution in [0, 0.1) is 0 Å². The van der Waals surface area contributed by atoms with E-state index >= 15 is 0 Å². The Kier molecular flexibility index (Phi) is 4.22. The van der Waals surface area contributed by atoms with Crippen molar-refractivity contribution in [2.45, 2.75) is 19.3 Å². The Labute approximate surface area is 117 Å². The summed E-state index contributed by atoms with van der Waals surface area (Å²) in [5.41, 5.74) is 4.78. The minimum absolute atomic E-state index is 0.0183. The molecule has 0 aliphatic rings. The summed E-state index contributed by atoms with van der Waals surface area (Å²) in [5.74, 6) is -0.804. The molecule has 0 saturated carbocycles. The smallest absolute Gasteiger partial charge is 0.344 e. The quantitative estimate of drug-likeness (QED) is 0.892. The number of alkyl halides is 3. The fourth-order valence-electron chi connectivity index (χ4n) is 1.54. The third-order valence-electron chi connectivity index (χ3n) is 2.55. The number of nitrogens with two attached hydrogens (primary N) is 1. The van der Waals surface area contributed by atoms with Crippen LogP contribution in [0.2, 0.25) is 0 Å². The van der Waals surface area contributed by atoms with Crippen LogP contribution in [0.15, 0.2) is 28.8 Å². The lowest BCUT2D eigenvalue weighted by molar-refractivity contribution is -0.137. The summed E-state index contributed by atoms with van der Waals surface area (Å²) >= 11 is 0. The molecular weight excluding hydrogens is 289 g/mol. The van der Waals surface area contributed by atoms with Crippen LogP contribution in [0.1, 0.15) is 27.6 Å². The maximum atomic E-state index is 12.5. The van der Waals surface area contributed by atoms with E-state index < -0.39 is 17.6 Å². The molecule has 1 aromatic heterocycles. The van der Waals surface area contributed by atoms with E-state index in [-0.39, 0.29) is 24.8 Å². The van der Waals surface area contributed by atoms with E-state index in [0.717, 1.165) is 12.1 Å². The van der Waals surface area contributed by atoms with Crippen molar-refractivity contribution < 1.29 is 22.5 Å². The summed E-state index contributed by atoms with van der Waals surface area (Å²) in [6.45, 7) is -0.0759. The molecule has 1 heterocycles.